The molecule has 3 heteroatoms. The van der Waals surface area contributed by atoms with Crippen LogP contribution in [0.4, 0.5) is 0 Å². The summed E-state index contributed by atoms with van der Waals surface area (Å²) in [5.74, 6) is 0.935. The van der Waals surface area contributed by atoms with E-state index in [-0.39, 0.29) is 12.4 Å². The summed E-state index contributed by atoms with van der Waals surface area (Å²) in [4.78, 5) is 0. The van der Waals surface area contributed by atoms with Crippen LogP contribution >= 0.6 is 12.4 Å². The topological polar surface area (TPSA) is 35.2 Å². The van der Waals surface area contributed by atoms with Crippen molar-refractivity contribution in [3.63, 3.8) is 0 Å². The molecule has 0 atom stereocenters. The van der Waals surface area contributed by atoms with Gasteiger partial charge >= 0.3 is 0 Å². The van der Waals surface area contributed by atoms with Crippen molar-refractivity contribution in [3.8, 4) is 5.75 Å². The predicted octanol–water partition coefficient (Wildman–Crippen LogP) is 2.40. The minimum absolute atomic E-state index is 0. The van der Waals surface area contributed by atoms with Crippen molar-refractivity contribution in [1.29, 1.82) is 0 Å². The molecule has 0 saturated carbocycles. The molecule has 0 amide bonds. The first kappa shape index (κ1) is 13.3. The zero-order chi connectivity index (χ0) is 9.52. The van der Waals surface area contributed by atoms with Gasteiger partial charge in [-0.25, -0.2) is 0 Å². The van der Waals surface area contributed by atoms with E-state index in [1.54, 1.807) is 7.11 Å². The molecule has 2 nitrogen and oxygen atoms in total. The van der Waals surface area contributed by atoms with E-state index in [0.717, 1.165) is 31.6 Å². The standard InChI is InChI=1S/C11H17NO.ClH/c1-13-11-7-4-6-10(9-11)5-2-3-8-12;/h4,6-7,9H,2-3,5,8,12H2,1H3;1H. The lowest BCUT2D eigenvalue weighted by Gasteiger charge is -2.03. The van der Waals surface area contributed by atoms with Crippen molar-refractivity contribution in [3.05, 3.63) is 29.8 Å². The Balaban J connectivity index is 0.00000169. The van der Waals surface area contributed by atoms with Gasteiger partial charge in [-0.1, -0.05) is 12.1 Å². The molecule has 0 spiro atoms. The predicted molar refractivity (Wildman–Crippen MR) is 62.2 cm³/mol. The third kappa shape index (κ3) is 4.49. The smallest absolute Gasteiger partial charge is 0.119 e. The second-order valence-electron chi connectivity index (χ2n) is 3.10. The Labute approximate surface area is 91.9 Å². The van der Waals surface area contributed by atoms with Crippen molar-refractivity contribution in [2.75, 3.05) is 13.7 Å². The van der Waals surface area contributed by atoms with Crippen LogP contribution in [0.5, 0.6) is 5.75 Å². The molecule has 80 valence electrons. The highest BCUT2D eigenvalue weighted by molar-refractivity contribution is 5.85. The van der Waals surface area contributed by atoms with Gasteiger partial charge in [0, 0.05) is 0 Å². The van der Waals surface area contributed by atoms with Crippen LogP contribution in [-0.2, 0) is 6.42 Å². The van der Waals surface area contributed by atoms with Crippen LogP contribution in [0.2, 0.25) is 0 Å². The number of hydrogen-bond donors (Lipinski definition) is 1. The van der Waals surface area contributed by atoms with Gasteiger partial charge in [-0.15, -0.1) is 12.4 Å². The number of ether oxygens (including phenoxy) is 1. The second kappa shape index (κ2) is 7.65. The van der Waals surface area contributed by atoms with E-state index in [9.17, 15) is 0 Å². The Morgan fingerprint density at radius 1 is 1.29 bits per heavy atom. The van der Waals surface area contributed by atoms with Crippen LogP contribution in [0.3, 0.4) is 0 Å². The van der Waals surface area contributed by atoms with Gasteiger partial charge in [0.15, 0.2) is 0 Å². The molecular formula is C11H18ClNO. The molecule has 1 rings (SSSR count). The number of hydrogen-bond acceptors (Lipinski definition) is 2. The number of methoxy groups -OCH3 is 1. The maximum atomic E-state index is 5.42. The zero-order valence-corrected chi connectivity index (χ0v) is 9.35. The maximum Gasteiger partial charge on any atom is 0.119 e. The molecule has 1 aromatic rings. The largest absolute Gasteiger partial charge is 0.497 e. The van der Waals surface area contributed by atoms with Gasteiger partial charge in [0.05, 0.1) is 7.11 Å². The third-order valence-corrected chi connectivity index (χ3v) is 2.05. The maximum absolute atomic E-state index is 5.42. The molecule has 14 heavy (non-hydrogen) atoms. The van der Waals surface area contributed by atoms with Crippen molar-refractivity contribution < 1.29 is 4.74 Å². The fraction of sp³-hybridized carbons (Fsp3) is 0.455. The lowest BCUT2D eigenvalue weighted by molar-refractivity contribution is 0.414. The second-order valence-corrected chi connectivity index (χ2v) is 3.10. The van der Waals surface area contributed by atoms with E-state index < -0.39 is 0 Å². The number of benzene rings is 1. The first-order valence-electron chi connectivity index (χ1n) is 4.70. The first-order valence-corrected chi connectivity index (χ1v) is 4.70. The molecule has 0 unspecified atom stereocenters. The highest BCUT2D eigenvalue weighted by Gasteiger charge is 1.95. The van der Waals surface area contributed by atoms with Crippen LogP contribution in [0.25, 0.3) is 0 Å². The summed E-state index contributed by atoms with van der Waals surface area (Å²) < 4.78 is 5.14. The van der Waals surface area contributed by atoms with E-state index in [2.05, 4.69) is 12.1 Å². The Hall–Kier alpha value is -0.730. The van der Waals surface area contributed by atoms with Gasteiger partial charge in [0.1, 0.15) is 5.75 Å². The fourth-order valence-electron chi connectivity index (χ4n) is 1.30. The van der Waals surface area contributed by atoms with E-state index in [0.29, 0.717) is 0 Å². The summed E-state index contributed by atoms with van der Waals surface area (Å²) in [5, 5.41) is 0. The van der Waals surface area contributed by atoms with Crippen LogP contribution in [0.15, 0.2) is 24.3 Å². The first-order chi connectivity index (χ1) is 6.36. The molecule has 0 radical (unpaired) electrons. The van der Waals surface area contributed by atoms with Crippen molar-refractivity contribution in [1.82, 2.24) is 0 Å². The van der Waals surface area contributed by atoms with Gasteiger partial charge in [0.25, 0.3) is 0 Å². The Morgan fingerprint density at radius 3 is 2.71 bits per heavy atom. The summed E-state index contributed by atoms with van der Waals surface area (Å²) in [6, 6.07) is 8.19. The minimum Gasteiger partial charge on any atom is -0.497 e. The van der Waals surface area contributed by atoms with Gasteiger partial charge < -0.3 is 10.5 Å². The summed E-state index contributed by atoms with van der Waals surface area (Å²) >= 11 is 0. The monoisotopic (exact) mass is 215 g/mol. The molecule has 0 heterocycles. The number of rotatable bonds is 5. The van der Waals surface area contributed by atoms with Crippen LogP contribution < -0.4 is 10.5 Å². The SMILES string of the molecule is COc1cccc(CCCCN)c1.Cl. The van der Waals surface area contributed by atoms with Crippen molar-refractivity contribution in [2.24, 2.45) is 5.73 Å². The van der Waals surface area contributed by atoms with E-state index >= 15 is 0 Å². The van der Waals surface area contributed by atoms with Crippen LogP contribution in [0, 0.1) is 0 Å². The fourth-order valence-corrected chi connectivity index (χ4v) is 1.30. The molecule has 1 aromatic carbocycles. The minimum atomic E-state index is 0. The molecule has 2 N–H and O–H groups in total. The molecule has 0 aliphatic carbocycles. The summed E-state index contributed by atoms with van der Waals surface area (Å²) in [7, 11) is 1.69. The van der Waals surface area contributed by atoms with Crippen LogP contribution in [0.1, 0.15) is 18.4 Å². The zero-order valence-electron chi connectivity index (χ0n) is 8.53. The molecule has 0 aliphatic rings. The molecule has 0 bridgehead atoms. The van der Waals surface area contributed by atoms with Crippen molar-refractivity contribution >= 4 is 12.4 Å². The number of halogens is 1. The number of nitrogens with two attached hydrogens (primary N) is 1. The molecule has 0 aromatic heterocycles. The molecule has 0 fully saturated rings. The Kier molecular flexibility index (Phi) is 7.25. The normalized spacial score (nSPS) is 9.29. The Morgan fingerprint density at radius 2 is 2.07 bits per heavy atom. The lowest BCUT2D eigenvalue weighted by atomic mass is 10.1. The highest BCUT2D eigenvalue weighted by Crippen LogP contribution is 2.14. The molecule has 0 saturated heterocycles. The average molecular weight is 216 g/mol. The van der Waals surface area contributed by atoms with E-state index in [1.807, 2.05) is 12.1 Å². The number of unbranched alkanes of at least 4 members (excludes halogenated alkanes) is 1. The summed E-state index contributed by atoms with van der Waals surface area (Å²) in [6.45, 7) is 0.782. The third-order valence-electron chi connectivity index (χ3n) is 2.05. The van der Waals surface area contributed by atoms with Gasteiger partial charge in [-0.05, 0) is 43.5 Å². The summed E-state index contributed by atoms with van der Waals surface area (Å²) in [6.07, 6.45) is 3.34. The van der Waals surface area contributed by atoms with E-state index in [1.165, 1.54) is 5.56 Å². The number of aryl methyl sites for hydroxylation is 1. The van der Waals surface area contributed by atoms with Crippen LogP contribution in [-0.4, -0.2) is 13.7 Å². The van der Waals surface area contributed by atoms with Gasteiger partial charge in [-0.2, -0.15) is 0 Å². The highest BCUT2D eigenvalue weighted by atomic mass is 35.5. The average Bonchev–Trinajstić information content (AvgIpc) is 2.19. The summed E-state index contributed by atoms with van der Waals surface area (Å²) in [5.41, 5.74) is 6.75. The van der Waals surface area contributed by atoms with E-state index in [4.69, 9.17) is 10.5 Å². The van der Waals surface area contributed by atoms with Gasteiger partial charge in [0.2, 0.25) is 0 Å². The lowest BCUT2D eigenvalue weighted by Crippen LogP contribution is -1.99. The Bertz CT molecular complexity index is 253. The quantitative estimate of drug-likeness (QED) is 0.766. The molecule has 0 aliphatic heterocycles. The van der Waals surface area contributed by atoms with Gasteiger partial charge in [-0.3, -0.25) is 0 Å². The molecular weight excluding hydrogens is 198 g/mol. The van der Waals surface area contributed by atoms with Crippen molar-refractivity contribution in [2.45, 2.75) is 19.3 Å².